The minimum Gasteiger partial charge on any atom is -0.361 e. The molecule has 0 atom stereocenters. The molecule has 0 saturated carbocycles. The monoisotopic (exact) mass is 451 g/mol. The number of aromatic nitrogens is 1. The molecule has 0 spiro atoms. The molecule has 0 aliphatic carbocycles. The summed E-state index contributed by atoms with van der Waals surface area (Å²) in [7, 11) is 0. The van der Waals surface area contributed by atoms with Crippen LogP contribution in [0, 0.1) is 5.82 Å². The lowest BCUT2D eigenvalue weighted by Crippen LogP contribution is -2.43. The average Bonchev–Trinajstić information content (AvgIpc) is 3.23. The molecule has 0 unspecified atom stereocenters. The molecule has 0 saturated heterocycles. The maximum atomic E-state index is 13.4. The van der Waals surface area contributed by atoms with Crippen LogP contribution < -0.4 is 0 Å². The zero-order valence-corrected chi connectivity index (χ0v) is 19.6. The lowest BCUT2D eigenvalue weighted by Gasteiger charge is -2.28. The number of halogens is 1. The zero-order chi connectivity index (χ0) is 23.6. The van der Waals surface area contributed by atoms with E-state index in [9.17, 15) is 14.0 Å². The number of fused-ring (bicyclic) bond motifs is 1. The van der Waals surface area contributed by atoms with Crippen LogP contribution in [0.3, 0.4) is 0 Å². The molecule has 0 aliphatic heterocycles. The number of hydrogen-bond donors (Lipinski definition) is 1. The molecule has 0 aliphatic rings. The van der Waals surface area contributed by atoms with Crippen LogP contribution in [-0.2, 0) is 22.6 Å². The van der Waals surface area contributed by atoms with Gasteiger partial charge in [-0.25, -0.2) is 4.39 Å². The van der Waals surface area contributed by atoms with Crippen molar-refractivity contribution in [3.8, 4) is 0 Å². The fourth-order valence-corrected chi connectivity index (χ4v) is 3.97. The summed E-state index contributed by atoms with van der Waals surface area (Å²) in [6, 6.07) is 14.3. The molecule has 1 N–H and O–H groups in total. The van der Waals surface area contributed by atoms with Crippen LogP contribution in [0.25, 0.3) is 10.9 Å². The predicted molar refractivity (Wildman–Crippen MR) is 130 cm³/mol. The average molecular weight is 452 g/mol. The third-order valence-corrected chi connectivity index (χ3v) is 5.89. The maximum absolute atomic E-state index is 13.4. The van der Waals surface area contributed by atoms with E-state index in [1.807, 2.05) is 31.3 Å². The topological polar surface area (TPSA) is 56.4 Å². The van der Waals surface area contributed by atoms with Crippen LogP contribution in [0.15, 0.2) is 54.7 Å². The second-order valence-electron chi connectivity index (χ2n) is 8.47. The van der Waals surface area contributed by atoms with Crippen molar-refractivity contribution >= 4 is 22.7 Å². The molecular weight excluding hydrogens is 417 g/mol. The molecule has 33 heavy (non-hydrogen) atoms. The highest BCUT2D eigenvalue weighted by Crippen LogP contribution is 2.19. The van der Waals surface area contributed by atoms with E-state index in [4.69, 9.17) is 0 Å². The molecular formula is C27H34FN3O2. The zero-order valence-electron chi connectivity index (χ0n) is 19.6. The number of carbonyl (C=O) groups is 2. The second kappa shape index (κ2) is 12.2. The highest BCUT2D eigenvalue weighted by Gasteiger charge is 2.21. The first-order valence-corrected chi connectivity index (χ1v) is 11.9. The van der Waals surface area contributed by atoms with Gasteiger partial charge in [0.15, 0.2) is 0 Å². The number of H-pyrrole nitrogens is 1. The van der Waals surface area contributed by atoms with Crippen molar-refractivity contribution in [2.24, 2.45) is 0 Å². The minimum absolute atomic E-state index is 0.0256. The summed E-state index contributed by atoms with van der Waals surface area (Å²) >= 11 is 0. The van der Waals surface area contributed by atoms with Gasteiger partial charge in [0.05, 0.1) is 6.54 Å². The first kappa shape index (κ1) is 24.5. The lowest BCUT2D eigenvalue weighted by atomic mass is 10.1. The minimum atomic E-state index is -0.300. The van der Waals surface area contributed by atoms with Gasteiger partial charge >= 0.3 is 0 Å². The highest BCUT2D eigenvalue weighted by atomic mass is 19.1. The summed E-state index contributed by atoms with van der Waals surface area (Å²) in [6.45, 7) is 5.61. The number of carbonyl (C=O) groups excluding carboxylic acids is 2. The van der Waals surface area contributed by atoms with Crippen LogP contribution in [0.2, 0.25) is 0 Å². The Balaban J connectivity index is 1.76. The molecule has 176 valence electrons. The number of amides is 2. The predicted octanol–water partition coefficient (Wildman–Crippen LogP) is 5.31. The Kier molecular flexibility index (Phi) is 9.04. The largest absolute Gasteiger partial charge is 0.361 e. The van der Waals surface area contributed by atoms with Crippen molar-refractivity contribution in [1.29, 1.82) is 0 Å². The van der Waals surface area contributed by atoms with Crippen LogP contribution >= 0.6 is 0 Å². The first-order valence-electron chi connectivity index (χ1n) is 11.9. The third kappa shape index (κ3) is 6.91. The van der Waals surface area contributed by atoms with Gasteiger partial charge in [0.2, 0.25) is 11.8 Å². The highest BCUT2D eigenvalue weighted by molar-refractivity contribution is 5.85. The van der Waals surface area contributed by atoms with Gasteiger partial charge in [-0.15, -0.1) is 0 Å². The van der Waals surface area contributed by atoms with Crippen molar-refractivity contribution < 1.29 is 14.0 Å². The first-order chi connectivity index (χ1) is 16.0. The van der Waals surface area contributed by atoms with Gasteiger partial charge in [-0.1, -0.05) is 50.6 Å². The van der Waals surface area contributed by atoms with Gasteiger partial charge in [-0.2, -0.15) is 0 Å². The Labute approximate surface area is 195 Å². The maximum Gasteiger partial charge on any atom is 0.242 e. The number of nitrogens with one attached hydrogen (secondary N) is 1. The Hall–Kier alpha value is -3.15. The SMILES string of the molecule is CCCCN(CC(=O)N(CCc1c[nH]c2ccccc12)Cc1ccc(F)cc1)C(=O)CCC. The number of rotatable bonds is 12. The van der Waals surface area contributed by atoms with Gasteiger partial charge in [-0.05, 0) is 48.6 Å². The smallest absolute Gasteiger partial charge is 0.242 e. The lowest BCUT2D eigenvalue weighted by molar-refractivity contribution is -0.141. The summed E-state index contributed by atoms with van der Waals surface area (Å²) in [5, 5.41) is 1.15. The Morgan fingerprint density at radius 3 is 2.39 bits per heavy atom. The summed E-state index contributed by atoms with van der Waals surface area (Å²) < 4.78 is 13.4. The Morgan fingerprint density at radius 1 is 0.909 bits per heavy atom. The Bertz CT molecular complexity index is 1040. The van der Waals surface area contributed by atoms with Crippen LogP contribution in [-0.4, -0.2) is 46.2 Å². The second-order valence-corrected chi connectivity index (χ2v) is 8.47. The number of aromatic amines is 1. The number of hydrogen-bond acceptors (Lipinski definition) is 2. The van der Waals surface area contributed by atoms with E-state index in [0.717, 1.165) is 41.3 Å². The molecule has 0 radical (unpaired) electrons. The van der Waals surface area contributed by atoms with Crippen molar-refractivity contribution in [1.82, 2.24) is 14.8 Å². The van der Waals surface area contributed by atoms with Crippen molar-refractivity contribution in [2.75, 3.05) is 19.6 Å². The van der Waals surface area contributed by atoms with Gasteiger partial charge in [-0.3, -0.25) is 9.59 Å². The van der Waals surface area contributed by atoms with Crippen molar-refractivity contribution in [3.63, 3.8) is 0 Å². The molecule has 1 heterocycles. The number of benzene rings is 2. The molecule has 5 nitrogen and oxygen atoms in total. The fraction of sp³-hybridized carbons (Fsp3) is 0.407. The standard InChI is InChI=1S/C27H34FN3O2/c1-3-5-16-30(26(32)8-4-2)20-27(33)31(19-21-11-13-23(28)14-12-21)17-15-22-18-29-25-10-7-6-9-24(22)25/h6-7,9-14,18,29H,3-5,8,15-17,19-20H2,1-2H3. The quantitative estimate of drug-likeness (QED) is 0.406. The van der Waals surface area contributed by atoms with E-state index < -0.39 is 0 Å². The fourth-order valence-electron chi connectivity index (χ4n) is 3.97. The van der Waals surface area contributed by atoms with Crippen molar-refractivity contribution in [2.45, 2.75) is 52.5 Å². The summed E-state index contributed by atoms with van der Waals surface area (Å²) in [5.74, 6) is -0.358. The summed E-state index contributed by atoms with van der Waals surface area (Å²) in [6.07, 6.45) is 5.72. The van der Waals surface area contributed by atoms with Crippen molar-refractivity contribution in [3.05, 3.63) is 71.7 Å². The number of unbranched alkanes of at least 4 members (excludes halogenated alkanes) is 1. The van der Waals surface area contributed by atoms with E-state index in [1.54, 1.807) is 21.9 Å². The van der Waals surface area contributed by atoms with E-state index >= 15 is 0 Å². The summed E-state index contributed by atoms with van der Waals surface area (Å²) in [4.78, 5) is 32.7. The number of para-hydroxylation sites is 1. The molecule has 0 bridgehead atoms. The van der Waals surface area contributed by atoms with Gasteiger partial charge in [0, 0.05) is 43.2 Å². The van der Waals surface area contributed by atoms with E-state index in [1.165, 1.54) is 12.1 Å². The Morgan fingerprint density at radius 2 is 1.67 bits per heavy atom. The molecule has 3 rings (SSSR count). The van der Waals surface area contributed by atoms with E-state index in [0.29, 0.717) is 32.5 Å². The van der Waals surface area contributed by atoms with Gasteiger partial charge < -0.3 is 14.8 Å². The number of nitrogens with zero attached hydrogens (tertiary/aromatic N) is 2. The molecule has 6 heteroatoms. The normalized spacial score (nSPS) is 11.0. The van der Waals surface area contributed by atoms with E-state index in [2.05, 4.69) is 18.0 Å². The van der Waals surface area contributed by atoms with Crippen LogP contribution in [0.5, 0.6) is 0 Å². The third-order valence-electron chi connectivity index (χ3n) is 5.89. The van der Waals surface area contributed by atoms with Crippen LogP contribution in [0.1, 0.15) is 50.7 Å². The summed E-state index contributed by atoms with van der Waals surface area (Å²) in [5.41, 5.74) is 3.08. The van der Waals surface area contributed by atoms with Gasteiger partial charge in [0.1, 0.15) is 5.82 Å². The molecule has 2 aromatic carbocycles. The van der Waals surface area contributed by atoms with Gasteiger partial charge in [0.25, 0.3) is 0 Å². The van der Waals surface area contributed by atoms with E-state index in [-0.39, 0.29) is 24.2 Å². The molecule has 0 fully saturated rings. The molecule has 1 aromatic heterocycles. The molecule has 3 aromatic rings. The molecule has 2 amide bonds. The van der Waals surface area contributed by atoms with Crippen LogP contribution in [0.4, 0.5) is 4.39 Å².